The van der Waals surface area contributed by atoms with E-state index in [2.05, 4.69) is 15.3 Å². The van der Waals surface area contributed by atoms with Crippen LogP contribution in [0.4, 0.5) is 19.0 Å². The van der Waals surface area contributed by atoms with E-state index in [1.807, 2.05) is 4.57 Å². The van der Waals surface area contributed by atoms with E-state index in [1.165, 1.54) is 6.07 Å². The number of anilines is 1. The maximum absolute atomic E-state index is 12.4. The van der Waals surface area contributed by atoms with Crippen LogP contribution in [0.1, 0.15) is 11.3 Å². The molecular formula is C12H11F3N4. The Morgan fingerprint density at radius 1 is 1.26 bits per heavy atom. The van der Waals surface area contributed by atoms with Gasteiger partial charge in [0, 0.05) is 31.1 Å². The summed E-state index contributed by atoms with van der Waals surface area (Å²) in [5, 5.41) is 3.13. The molecule has 0 saturated heterocycles. The minimum atomic E-state index is -4.34. The van der Waals surface area contributed by atoms with Gasteiger partial charge in [0.15, 0.2) is 0 Å². The molecule has 0 saturated carbocycles. The maximum atomic E-state index is 12.4. The molecule has 3 heterocycles. The Morgan fingerprint density at radius 3 is 2.74 bits per heavy atom. The summed E-state index contributed by atoms with van der Waals surface area (Å²) in [6.45, 7) is 0.748. The predicted octanol–water partition coefficient (Wildman–Crippen LogP) is 2.33. The van der Waals surface area contributed by atoms with E-state index in [0.717, 1.165) is 30.9 Å². The summed E-state index contributed by atoms with van der Waals surface area (Å²) in [5.74, 6) is 0.455. The second-order valence-corrected chi connectivity index (χ2v) is 4.51. The lowest BCUT2D eigenvalue weighted by Crippen LogP contribution is -2.21. The van der Waals surface area contributed by atoms with Crippen LogP contribution in [0, 0.1) is 0 Å². The smallest absolute Gasteiger partial charge is 0.365 e. The van der Waals surface area contributed by atoms with Crippen LogP contribution in [0.15, 0.2) is 30.9 Å². The number of rotatable bonds is 2. The number of alkyl halides is 3. The number of halogens is 3. The van der Waals surface area contributed by atoms with E-state index in [1.54, 1.807) is 12.5 Å². The van der Waals surface area contributed by atoms with Crippen molar-refractivity contribution >= 4 is 5.82 Å². The lowest BCUT2D eigenvalue weighted by Gasteiger charge is -2.13. The van der Waals surface area contributed by atoms with E-state index in [-0.39, 0.29) is 6.04 Å². The van der Waals surface area contributed by atoms with Crippen LogP contribution in [0.2, 0.25) is 0 Å². The van der Waals surface area contributed by atoms with Crippen LogP contribution in [-0.2, 0) is 19.1 Å². The lowest BCUT2D eigenvalue weighted by molar-refractivity contribution is -0.137. The van der Waals surface area contributed by atoms with Crippen LogP contribution in [0.25, 0.3) is 0 Å². The number of nitrogens with zero attached hydrogens (tertiary/aromatic N) is 3. The van der Waals surface area contributed by atoms with Crippen LogP contribution in [0.3, 0.4) is 0 Å². The molecule has 0 amide bonds. The molecule has 3 rings (SSSR count). The summed E-state index contributed by atoms with van der Waals surface area (Å²) in [4.78, 5) is 7.82. The molecule has 0 aliphatic carbocycles. The fourth-order valence-electron chi connectivity index (χ4n) is 2.19. The van der Waals surface area contributed by atoms with Gasteiger partial charge in [0.2, 0.25) is 0 Å². The van der Waals surface area contributed by atoms with Crippen molar-refractivity contribution in [3.8, 4) is 0 Å². The number of pyridine rings is 1. The number of imidazole rings is 1. The number of fused-ring (bicyclic) bond motifs is 1. The van der Waals surface area contributed by atoms with Crippen LogP contribution >= 0.6 is 0 Å². The molecule has 1 atom stereocenters. The molecule has 1 aliphatic heterocycles. The van der Waals surface area contributed by atoms with Crippen molar-refractivity contribution in [2.45, 2.75) is 25.2 Å². The third-order valence-electron chi connectivity index (χ3n) is 3.11. The molecule has 0 aromatic carbocycles. The van der Waals surface area contributed by atoms with E-state index in [0.29, 0.717) is 5.82 Å². The quantitative estimate of drug-likeness (QED) is 0.909. The van der Waals surface area contributed by atoms with Gasteiger partial charge in [0.25, 0.3) is 0 Å². The van der Waals surface area contributed by atoms with Gasteiger partial charge < -0.3 is 9.88 Å². The average molecular weight is 268 g/mol. The van der Waals surface area contributed by atoms with Crippen LogP contribution < -0.4 is 5.32 Å². The Bertz CT molecular complexity index is 553. The molecule has 100 valence electrons. The van der Waals surface area contributed by atoms with Gasteiger partial charge >= 0.3 is 6.18 Å². The molecule has 1 unspecified atom stereocenters. The SMILES string of the molecule is FC(F)(F)c1ccc(NC2Cc3cncn3C2)nc1. The summed E-state index contributed by atoms with van der Waals surface area (Å²) in [6.07, 6.45) is 0.837. The first-order valence-corrected chi connectivity index (χ1v) is 5.81. The van der Waals surface area contributed by atoms with Crippen molar-refractivity contribution in [1.29, 1.82) is 0 Å². The zero-order chi connectivity index (χ0) is 13.5. The first kappa shape index (κ1) is 12.0. The Morgan fingerprint density at radius 2 is 2.11 bits per heavy atom. The molecule has 19 heavy (non-hydrogen) atoms. The van der Waals surface area contributed by atoms with Gasteiger partial charge in [0.1, 0.15) is 5.82 Å². The summed E-state index contributed by atoms with van der Waals surface area (Å²) in [5.41, 5.74) is 0.379. The standard InChI is InChI=1S/C12H11F3N4/c13-12(14,15)8-1-2-11(17-4-8)18-9-3-10-5-16-7-19(10)6-9/h1-2,4-5,7,9H,3,6H2,(H,17,18). The Hall–Kier alpha value is -2.05. The minimum absolute atomic E-state index is 0.141. The molecule has 1 N–H and O–H groups in total. The Balaban J connectivity index is 1.67. The predicted molar refractivity (Wildman–Crippen MR) is 62.6 cm³/mol. The Kier molecular flexibility index (Phi) is 2.69. The molecule has 1 aliphatic rings. The van der Waals surface area contributed by atoms with Crippen molar-refractivity contribution in [3.63, 3.8) is 0 Å². The summed E-state index contributed by atoms with van der Waals surface area (Å²) >= 11 is 0. The van der Waals surface area contributed by atoms with Crippen LogP contribution in [-0.4, -0.2) is 20.6 Å². The first-order valence-electron chi connectivity index (χ1n) is 5.81. The van der Waals surface area contributed by atoms with Gasteiger partial charge in [-0.25, -0.2) is 9.97 Å². The number of hydrogen-bond donors (Lipinski definition) is 1. The van der Waals surface area contributed by atoms with Crippen LogP contribution in [0.5, 0.6) is 0 Å². The largest absolute Gasteiger partial charge is 0.417 e. The second kappa shape index (κ2) is 4.25. The Labute approximate surface area is 107 Å². The first-order chi connectivity index (χ1) is 9.02. The third kappa shape index (κ3) is 2.40. The molecule has 0 radical (unpaired) electrons. The van der Waals surface area contributed by atoms with Crippen molar-refractivity contribution in [2.75, 3.05) is 5.32 Å². The number of nitrogens with one attached hydrogen (secondary N) is 1. The highest BCUT2D eigenvalue weighted by molar-refractivity contribution is 5.38. The molecule has 0 fully saturated rings. The summed E-state index contributed by atoms with van der Waals surface area (Å²) in [6, 6.07) is 2.53. The fourth-order valence-corrected chi connectivity index (χ4v) is 2.19. The van der Waals surface area contributed by atoms with Crippen molar-refractivity contribution in [3.05, 3.63) is 42.1 Å². The zero-order valence-corrected chi connectivity index (χ0v) is 9.85. The topological polar surface area (TPSA) is 42.7 Å². The molecule has 0 bridgehead atoms. The molecule has 7 heteroatoms. The highest BCUT2D eigenvalue weighted by Crippen LogP contribution is 2.29. The zero-order valence-electron chi connectivity index (χ0n) is 9.85. The fraction of sp³-hybridized carbons (Fsp3) is 0.333. The average Bonchev–Trinajstić information content (AvgIpc) is 2.89. The minimum Gasteiger partial charge on any atom is -0.365 e. The maximum Gasteiger partial charge on any atom is 0.417 e. The van der Waals surface area contributed by atoms with E-state index in [9.17, 15) is 13.2 Å². The van der Waals surface area contributed by atoms with Gasteiger partial charge in [-0.05, 0) is 12.1 Å². The molecule has 2 aromatic heterocycles. The molecule has 0 spiro atoms. The van der Waals surface area contributed by atoms with Gasteiger partial charge in [-0.2, -0.15) is 13.2 Å². The molecule has 4 nitrogen and oxygen atoms in total. The number of hydrogen-bond acceptors (Lipinski definition) is 3. The highest BCUT2D eigenvalue weighted by Gasteiger charge is 2.30. The third-order valence-corrected chi connectivity index (χ3v) is 3.11. The van der Waals surface area contributed by atoms with Gasteiger partial charge in [-0.3, -0.25) is 0 Å². The van der Waals surface area contributed by atoms with Crippen molar-refractivity contribution < 1.29 is 13.2 Å². The van der Waals surface area contributed by atoms with Gasteiger partial charge in [-0.15, -0.1) is 0 Å². The lowest BCUT2D eigenvalue weighted by atomic mass is 10.2. The number of aromatic nitrogens is 3. The summed E-state index contributed by atoms with van der Waals surface area (Å²) < 4.78 is 39.2. The monoisotopic (exact) mass is 268 g/mol. The van der Waals surface area contributed by atoms with Crippen molar-refractivity contribution in [1.82, 2.24) is 14.5 Å². The van der Waals surface area contributed by atoms with Crippen molar-refractivity contribution in [2.24, 2.45) is 0 Å². The van der Waals surface area contributed by atoms with Gasteiger partial charge in [0.05, 0.1) is 17.9 Å². The second-order valence-electron chi connectivity index (χ2n) is 4.51. The molecule has 2 aromatic rings. The van der Waals surface area contributed by atoms with E-state index < -0.39 is 11.7 Å². The highest BCUT2D eigenvalue weighted by atomic mass is 19.4. The van der Waals surface area contributed by atoms with E-state index in [4.69, 9.17) is 0 Å². The summed E-state index contributed by atoms with van der Waals surface area (Å²) in [7, 11) is 0. The molecular weight excluding hydrogens is 257 g/mol. The van der Waals surface area contributed by atoms with Gasteiger partial charge in [-0.1, -0.05) is 0 Å². The normalized spacial score (nSPS) is 18.4. The van der Waals surface area contributed by atoms with E-state index >= 15 is 0 Å².